The highest BCUT2D eigenvalue weighted by Gasteiger charge is 2.14. The molecule has 0 fully saturated rings. The number of aryl methyl sites for hydroxylation is 1. The van der Waals surface area contributed by atoms with Crippen LogP contribution in [-0.2, 0) is 11.3 Å². The summed E-state index contributed by atoms with van der Waals surface area (Å²) in [5, 5.41) is 12.7. The zero-order valence-corrected chi connectivity index (χ0v) is 19.3. The van der Waals surface area contributed by atoms with E-state index in [9.17, 15) is 4.79 Å². The fourth-order valence-corrected chi connectivity index (χ4v) is 3.75. The fraction of sp³-hybridized carbons (Fsp3) is 0.455. The molecule has 1 amide bonds. The van der Waals surface area contributed by atoms with Crippen molar-refractivity contribution >= 4 is 34.5 Å². The first-order valence-corrected chi connectivity index (χ1v) is 11.4. The van der Waals surface area contributed by atoms with Crippen molar-refractivity contribution in [1.82, 2.24) is 25.1 Å². The molecule has 8 nitrogen and oxygen atoms in total. The van der Waals surface area contributed by atoms with Gasteiger partial charge in [0.1, 0.15) is 5.82 Å². The predicted octanol–water partition coefficient (Wildman–Crippen LogP) is 3.51. The summed E-state index contributed by atoms with van der Waals surface area (Å²) in [5.41, 5.74) is 2.47. The third-order valence-corrected chi connectivity index (χ3v) is 5.31. The van der Waals surface area contributed by atoms with Crippen molar-refractivity contribution in [3.63, 3.8) is 0 Å². The zero-order valence-electron chi connectivity index (χ0n) is 18.5. The second-order valence-corrected chi connectivity index (χ2v) is 8.92. The molecule has 0 unspecified atom stereocenters. The van der Waals surface area contributed by atoms with Gasteiger partial charge in [-0.05, 0) is 26.0 Å². The molecule has 2 aromatic heterocycles. The van der Waals surface area contributed by atoms with Crippen LogP contribution in [0.1, 0.15) is 36.7 Å². The molecule has 166 valence electrons. The van der Waals surface area contributed by atoms with E-state index in [4.69, 9.17) is 9.72 Å². The lowest BCUT2D eigenvalue weighted by molar-refractivity contribution is 0.0952. The van der Waals surface area contributed by atoms with E-state index >= 15 is 0 Å². The Hall–Kier alpha value is -2.65. The van der Waals surface area contributed by atoms with Crippen LogP contribution in [0.2, 0.25) is 0 Å². The number of ether oxygens (including phenoxy) is 1. The Kier molecular flexibility index (Phi) is 8.25. The molecule has 0 aliphatic carbocycles. The number of benzene rings is 1. The number of nitrogens with one attached hydrogen (secondary N) is 2. The number of nitrogens with zero attached hydrogens (tertiary/aromatic N) is 4. The van der Waals surface area contributed by atoms with Crippen molar-refractivity contribution in [2.75, 3.05) is 31.6 Å². The summed E-state index contributed by atoms with van der Waals surface area (Å²) in [4.78, 5) is 21.8. The Labute approximate surface area is 187 Å². The molecule has 31 heavy (non-hydrogen) atoms. The fourth-order valence-electron chi connectivity index (χ4n) is 3.05. The second kappa shape index (κ2) is 11.1. The molecule has 0 aliphatic rings. The van der Waals surface area contributed by atoms with Crippen molar-refractivity contribution in [2.24, 2.45) is 0 Å². The topological polar surface area (TPSA) is 94.0 Å². The van der Waals surface area contributed by atoms with Crippen molar-refractivity contribution < 1.29 is 9.53 Å². The molecular formula is C22H30N6O2S. The zero-order chi connectivity index (χ0) is 22.2. The number of aromatic nitrogens is 4. The van der Waals surface area contributed by atoms with Gasteiger partial charge >= 0.3 is 0 Å². The van der Waals surface area contributed by atoms with Crippen LogP contribution >= 0.6 is 11.8 Å². The van der Waals surface area contributed by atoms with Crippen LogP contribution < -0.4 is 10.6 Å². The van der Waals surface area contributed by atoms with Crippen LogP contribution in [0.25, 0.3) is 11.0 Å². The number of anilines is 1. The number of fused-ring (bicyclic) bond motifs is 1. The Bertz CT molecular complexity index is 1020. The van der Waals surface area contributed by atoms with E-state index in [0.717, 1.165) is 22.4 Å². The summed E-state index contributed by atoms with van der Waals surface area (Å²) in [6.07, 6.45) is 1.77. The van der Waals surface area contributed by atoms with E-state index in [-0.39, 0.29) is 5.91 Å². The molecule has 2 N–H and O–H groups in total. The number of amides is 1. The third kappa shape index (κ3) is 6.41. The molecule has 0 radical (unpaired) electrons. The summed E-state index contributed by atoms with van der Waals surface area (Å²) in [7, 11) is 0. The monoisotopic (exact) mass is 442 g/mol. The maximum atomic E-state index is 12.4. The molecule has 0 atom stereocenters. The first-order valence-electron chi connectivity index (χ1n) is 10.5. The van der Waals surface area contributed by atoms with E-state index < -0.39 is 0 Å². The predicted molar refractivity (Wildman–Crippen MR) is 125 cm³/mol. The summed E-state index contributed by atoms with van der Waals surface area (Å²) in [6.45, 7) is 11.1. The number of hydrogen-bond donors (Lipinski definition) is 2. The minimum absolute atomic E-state index is 0.0934. The molecule has 3 rings (SSSR count). The average Bonchev–Trinajstić information content (AvgIpc) is 3.13. The molecule has 1 aromatic carbocycles. The molecule has 3 aromatic rings. The smallest absolute Gasteiger partial charge is 0.251 e. The largest absolute Gasteiger partial charge is 0.380 e. The molecule has 2 heterocycles. The highest BCUT2D eigenvalue weighted by Crippen LogP contribution is 2.26. The molecule has 9 heteroatoms. The first-order chi connectivity index (χ1) is 15.0. The van der Waals surface area contributed by atoms with Crippen molar-refractivity contribution in [1.29, 1.82) is 0 Å². The number of thioether (sulfide) groups is 1. The van der Waals surface area contributed by atoms with Gasteiger partial charge in [-0.25, -0.2) is 14.6 Å². The molecular weight excluding hydrogens is 412 g/mol. The number of carbonyl (C=O) groups is 1. The highest BCUT2D eigenvalue weighted by atomic mass is 32.2. The van der Waals surface area contributed by atoms with Crippen LogP contribution in [-0.4, -0.2) is 57.2 Å². The molecule has 0 aliphatic heterocycles. The maximum Gasteiger partial charge on any atom is 0.251 e. The van der Waals surface area contributed by atoms with Crippen LogP contribution in [0, 0.1) is 6.92 Å². The van der Waals surface area contributed by atoms with E-state index in [2.05, 4.69) is 34.6 Å². The van der Waals surface area contributed by atoms with Crippen LogP contribution in [0.3, 0.4) is 0 Å². The number of hydrogen-bond acceptors (Lipinski definition) is 7. The van der Waals surface area contributed by atoms with Gasteiger partial charge in [-0.1, -0.05) is 43.3 Å². The lowest BCUT2D eigenvalue weighted by atomic mass is 10.1. The normalized spacial score (nSPS) is 11.3. The lowest BCUT2D eigenvalue weighted by Crippen LogP contribution is -2.27. The Morgan fingerprint density at radius 3 is 2.84 bits per heavy atom. The van der Waals surface area contributed by atoms with E-state index in [1.54, 1.807) is 18.0 Å². The lowest BCUT2D eigenvalue weighted by Gasteiger charge is -2.11. The minimum atomic E-state index is -0.0934. The summed E-state index contributed by atoms with van der Waals surface area (Å²) in [5.74, 6) is 0.659. The summed E-state index contributed by atoms with van der Waals surface area (Å²) < 4.78 is 7.23. The standard InChI is InChI=1S/C22H30N6O2S/c1-5-30-12-10-23-19-18-14-25-28(20(18)27-22(26-19)31-15(2)3)11-9-24-21(29)17-8-6-7-16(4)13-17/h6-8,13-15H,5,9-12H2,1-4H3,(H,24,29)(H,23,26,27). The summed E-state index contributed by atoms with van der Waals surface area (Å²) in [6, 6.07) is 7.55. The Balaban J connectivity index is 1.73. The van der Waals surface area contributed by atoms with Gasteiger partial charge in [0.25, 0.3) is 5.91 Å². The second-order valence-electron chi connectivity index (χ2n) is 7.38. The van der Waals surface area contributed by atoms with Crippen LogP contribution in [0.4, 0.5) is 5.82 Å². The van der Waals surface area contributed by atoms with E-state index in [1.165, 1.54) is 0 Å². The minimum Gasteiger partial charge on any atom is -0.380 e. The van der Waals surface area contributed by atoms with Crippen LogP contribution in [0.15, 0.2) is 35.6 Å². The summed E-state index contributed by atoms with van der Waals surface area (Å²) >= 11 is 1.61. The Morgan fingerprint density at radius 1 is 1.26 bits per heavy atom. The van der Waals surface area contributed by atoms with E-state index in [1.807, 2.05) is 42.8 Å². The van der Waals surface area contributed by atoms with Gasteiger partial charge < -0.3 is 15.4 Å². The molecule has 0 spiro atoms. The van der Waals surface area contributed by atoms with Gasteiger partial charge in [-0.3, -0.25) is 4.79 Å². The van der Waals surface area contributed by atoms with Crippen LogP contribution in [0.5, 0.6) is 0 Å². The molecule has 0 saturated heterocycles. The number of rotatable bonds is 11. The first kappa shape index (κ1) is 23.0. The van der Waals surface area contributed by atoms with Crippen molar-refractivity contribution in [2.45, 2.75) is 44.6 Å². The van der Waals surface area contributed by atoms with Gasteiger partial charge in [0.05, 0.1) is 24.7 Å². The van der Waals surface area contributed by atoms with Crippen molar-refractivity contribution in [3.05, 3.63) is 41.6 Å². The average molecular weight is 443 g/mol. The third-order valence-electron chi connectivity index (χ3n) is 4.45. The number of carbonyl (C=O) groups excluding carboxylic acids is 1. The van der Waals surface area contributed by atoms with Gasteiger partial charge in [0, 0.05) is 30.5 Å². The van der Waals surface area contributed by atoms with Gasteiger partial charge in [0.2, 0.25) is 0 Å². The van der Waals surface area contributed by atoms with Gasteiger partial charge in [-0.2, -0.15) is 5.10 Å². The highest BCUT2D eigenvalue weighted by molar-refractivity contribution is 7.99. The molecule has 0 bridgehead atoms. The van der Waals surface area contributed by atoms with E-state index in [0.29, 0.717) is 48.8 Å². The van der Waals surface area contributed by atoms with Crippen molar-refractivity contribution in [3.8, 4) is 0 Å². The van der Waals surface area contributed by atoms with Gasteiger partial charge in [0.15, 0.2) is 10.8 Å². The maximum absolute atomic E-state index is 12.4. The SMILES string of the molecule is CCOCCNc1nc(SC(C)C)nc2c1cnn2CCNC(=O)c1cccc(C)c1. The van der Waals surface area contributed by atoms with Gasteiger partial charge in [-0.15, -0.1) is 0 Å². The quantitative estimate of drug-likeness (QED) is 0.267. The molecule has 0 saturated carbocycles. The Morgan fingerprint density at radius 2 is 2.10 bits per heavy atom.